The molecule has 0 aliphatic carbocycles. The van der Waals surface area contributed by atoms with Crippen molar-refractivity contribution in [3.8, 4) is 17.2 Å². The molecule has 0 atom stereocenters. The Bertz CT molecular complexity index is 1110. The molecule has 6 heteroatoms. The highest BCUT2D eigenvalue weighted by Crippen LogP contribution is 2.39. The first-order valence-corrected chi connectivity index (χ1v) is 9.57. The molecule has 4 rings (SSSR count). The van der Waals surface area contributed by atoms with E-state index in [2.05, 4.69) is 4.57 Å². The third kappa shape index (κ3) is 2.92. The van der Waals surface area contributed by atoms with Gasteiger partial charge in [-0.15, -0.1) is 11.6 Å². The van der Waals surface area contributed by atoms with E-state index in [4.69, 9.17) is 21.1 Å². The zero-order chi connectivity index (χ0) is 19.8. The first-order valence-electron chi connectivity index (χ1n) is 9.04. The second-order valence-corrected chi connectivity index (χ2v) is 7.04. The number of allylic oxidation sites excluding steroid dienone is 1. The Morgan fingerprint density at radius 2 is 2.11 bits per heavy atom. The largest absolute Gasteiger partial charge is 0.507 e. The van der Waals surface area contributed by atoms with Gasteiger partial charge in [0.2, 0.25) is 5.78 Å². The Balaban J connectivity index is 1.87. The topological polar surface area (TPSA) is 60.7 Å². The lowest BCUT2D eigenvalue weighted by molar-refractivity contribution is 0.101. The first kappa shape index (κ1) is 18.4. The van der Waals surface area contributed by atoms with Crippen LogP contribution in [0.1, 0.15) is 28.0 Å². The van der Waals surface area contributed by atoms with E-state index in [1.54, 1.807) is 25.3 Å². The minimum Gasteiger partial charge on any atom is -0.507 e. The van der Waals surface area contributed by atoms with Crippen LogP contribution < -0.4 is 9.47 Å². The monoisotopic (exact) mass is 397 g/mol. The van der Waals surface area contributed by atoms with Crippen LogP contribution in [0, 0.1) is 6.92 Å². The summed E-state index contributed by atoms with van der Waals surface area (Å²) in [7, 11) is 1.62. The third-order valence-electron chi connectivity index (χ3n) is 5.05. The summed E-state index contributed by atoms with van der Waals surface area (Å²) in [5, 5.41) is 11.0. The maximum atomic E-state index is 12.8. The van der Waals surface area contributed by atoms with Crippen molar-refractivity contribution in [2.75, 3.05) is 13.0 Å². The Morgan fingerprint density at radius 1 is 1.29 bits per heavy atom. The number of carbonyl (C=O) groups excluding carboxylic acids is 1. The highest BCUT2D eigenvalue weighted by atomic mass is 35.5. The molecule has 0 fully saturated rings. The fourth-order valence-electron chi connectivity index (χ4n) is 3.65. The molecule has 2 heterocycles. The van der Waals surface area contributed by atoms with Crippen molar-refractivity contribution < 1.29 is 19.4 Å². The lowest BCUT2D eigenvalue weighted by Gasteiger charge is -2.07. The summed E-state index contributed by atoms with van der Waals surface area (Å²) in [6.07, 6.45) is 2.58. The van der Waals surface area contributed by atoms with Gasteiger partial charge in [0.25, 0.3) is 0 Å². The number of halogens is 1. The summed E-state index contributed by atoms with van der Waals surface area (Å²) in [5.41, 5.74) is 3.15. The molecular formula is C22H20ClNO4. The van der Waals surface area contributed by atoms with Gasteiger partial charge >= 0.3 is 0 Å². The number of nitrogens with zero attached hydrogens (tertiary/aromatic N) is 1. The number of fused-ring (bicyclic) bond motifs is 2. The number of phenols is 1. The number of aromatic hydroxyl groups is 1. The number of methoxy groups -OCH3 is 1. The number of ether oxygens (including phenoxy) is 2. The molecule has 0 unspecified atom stereocenters. The Labute approximate surface area is 167 Å². The average molecular weight is 398 g/mol. The number of ketones is 1. The number of carbonyl (C=O) groups is 1. The molecule has 2 aromatic carbocycles. The number of phenolic OH excluding ortho intramolecular Hbond substituents is 1. The predicted molar refractivity (Wildman–Crippen MR) is 110 cm³/mol. The van der Waals surface area contributed by atoms with E-state index >= 15 is 0 Å². The highest BCUT2D eigenvalue weighted by molar-refractivity contribution is 6.18. The molecule has 3 aromatic rings. The van der Waals surface area contributed by atoms with Crippen molar-refractivity contribution in [2.24, 2.45) is 0 Å². The second kappa shape index (κ2) is 7.24. The van der Waals surface area contributed by atoms with Crippen LogP contribution in [0.4, 0.5) is 0 Å². The van der Waals surface area contributed by atoms with E-state index < -0.39 is 0 Å². The number of aromatic nitrogens is 1. The molecule has 0 saturated carbocycles. The van der Waals surface area contributed by atoms with Crippen LogP contribution in [0.15, 0.2) is 42.2 Å². The first-order chi connectivity index (χ1) is 13.5. The summed E-state index contributed by atoms with van der Waals surface area (Å²) in [6, 6.07) is 10.7. The predicted octanol–water partition coefficient (Wildman–Crippen LogP) is 4.91. The van der Waals surface area contributed by atoms with Crippen molar-refractivity contribution in [3.63, 3.8) is 0 Å². The van der Waals surface area contributed by atoms with Crippen molar-refractivity contribution in [2.45, 2.75) is 19.9 Å². The van der Waals surface area contributed by atoms with Crippen molar-refractivity contribution in [3.05, 3.63) is 59.0 Å². The minimum atomic E-state index is -0.322. The average Bonchev–Trinajstić information content (AvgIpc) is 3.15. The summed E-state index contributed by atoms with van der Waals surface area (Å²) < 4.78 is 13.3. The molecule has 0 amide bonds. The molecule has 0 bridgehead atoms. The van der Waals surface area contributed by atoms with Crippen LogP contribution in [0.25, 0.3) is 17.0 Å². The molecule has 1 aromatic heterocycles. The van der Waals surface area contributed by atoms with Crippen molar-refractivity contribution in [1.82, 2.24) is 4.57 Å². The smallest absolute Gasteiger partial charge is 0.235 e. The van der Waals surface area contributed by atoms with Crippen LogP contribution >= 0.6 is 11.6 Å². The number of hydrogen-bond acceptors (Lipinski definition) is 4. The fraction of sp³-hybridized carbons (Fsp3) is 0.227. The number of Topliss-reactive ketones (excluding diaryl/α,β-unsaturated/α-hetero) is 1. The molecule has 144 valence electrons. The maximum absolute atomic E-state index is 12.8. The molecule has 5 nitrogen and oxygen atoms in total. The van der Waals surface area contributed by atoms with Crippen LogP contribution in [-0.2, 0) is 6.54 Å². The third-order valence-corrected chi connectivity index (χ3v) is 5.31. The molecular weight excluding hydrogens is 378 g/mol. The molecule has 1 N–H and O–H groups in total. The van der Waals surface area contributed by atoms with Gasteiger partial charge in [0.05, 0.1) is 7.11 Å². The number of benzene rings is 2. The van der Waals surface area contributed by atoms with Crippen molar-refractivity contribution in [1.29, 1.82) is 0 Å². The van der Waals surface area contributed by atoms with E-state index in [9.17, 15) is 9.90 Å². The Morgan fingerprint density at radius 3 is 2.82 bits per heavy atom. The van der Waals surface area contributed by atoms with E-state index in [1.165, 1.54) is 6.07 Å². The lowest BCUT2D eigenvalue weighted by Crippen LogP contribution is -2.02. The van der Waals surface area contributed by atoms with Gasteiger partial charge in [0.15, 0.2) is 5.76 Å². The number of hydrogen-bond donors (Lipinski definition) is 1. The van der Waals surface area contributed by atoms with E-state index in [0.717, 1.165) is 40.9 Å². The van der Waals surface area contributed by atoms with Crippen LogP contribution in [0.3, 0.4) is 0 Å². The van der Waals surface area contributed by atoms with Gasteiger partial charge in [0.1, 0.15) is 22.8 Å². The van der Waals surface area contributed by atoms with Crippen LogP contribution in [0.2, 0.25) is 0 Å². The molecule has 0 radical (unpaired) electrons. The Hall–Kier alpha value is -2.92. The lowest BCUT2D eigenvalue weighted by atomic mass is 10.1. The maximum Gasteiger partial charge on any atom is 0.235 e. The molecule has 0 saturated heterocycles. The highest BCUT2D eigenvalue weighted by Gasteiger charge is 2.31. The van der Waals surface area contributed by atoms with Gasteiger partial charge in [-0.25, -0.2) is 0 Å². The number of rotatable bonds is 5. The van der Waals surface area contributed by atoms with Gasteiger partial charge < -0.3 is 19.1 Å². The SMILES string of the molecule is COc1ccc2c(c1)c(/C=C1\Oc3cccc(O)c3C1=O)c(C)n2CCCCl. The van der Waals surface area contributed by atoms with E-state index in [-0.39, 0.29) is 22.9 Å². The summed E-state index contributed by atoms with van der Waals surface area (Å²) in [4.78, 5) is 12.8. The standard InChI is InChI=1S/C22H20ClNO4/c1-13-15(12-20-22(26)21-18(25)5-3-6-19(21)28-20)16-11-14(27-2)7-8-17(16)24(13)10-4-9-23/h3,5-8,11-12,25H,4,9-10H2,1-2H3/b20-12-. The van der Waals surface area contributed by atoms with Gasteiger partial charge in [-0.1, -0.05) is 6.07 Å². The number of alkyl halides is 1. The van der Waals surface area contributed by atoms with Crippen LogP contribution in [-0.4, -0.2) is 28.4 Å². The molecule has 0 spiro atoms. The van der Waals surface area contributed by atoms with Gasteiger partial charge in [-0.2, -0.15) is 0 Å². The van der Waals surface area contributed by atoms with Crippen molar-refractivity contribution >= 4 is 34.4 Å². The number of aryl methyl sites for hydroxylation is 1. The Kier molecular flexibility index (Phi) is 4.77. The van der Waals surface area contributed by atoms with Gasteiger partial charge in [0, 0.05) is 34.6 Å². The van der Waals surface area contributed by atoms with Crippen LogP contribution in [0.5, 0.6) is 17.2 Å². The summed E-state index contributed by atoms with van der Waals surface area (Å²) in [6.45, 7) is 2.79. The summed E-state index contributed by atoms with van der Waals surface area (Å²) >= 11 is 5.90. The van der Waals surface area contributed by atoms with E-state index in [1.807, 2.05) is 25.1 Å². The summed E-state index contributed by atoms with van der Waals surface area (Å²) in [5.74, 6) is 1.48. The fourth-order valence-corrected chi connectivity index (χ4v) is 3.77. The minimum absolute atomic E-state index is 0.0752. The zero-order valence-electron chi connectivity index (χ0n) is 15.7. The quantitative estimate of drug-likeness (QED) is 0.491. The molecule has 28 heavy (non-hydrogen) atoms. The molecule has 1 aliphatic heterocycles. The van der Waals surface area contributed by atoms with Gasteiger partial charge in [-0.05, 0) is 49.8 Å². The van der Waals surface area contributed by atoms with E-state index in [0.29, 0.717) is 11.6 Å². The normalized spacial score (nSPS) is 14.5. The zero-order valence-corrected chi connectivity index (χ0v) is 16.4. The van der Waals surface area contributed by atoms with Gasteiger partial charge in [-0.3, -0.25) is 4.79 Å². The second-order valence-electron chi connectivity index (χ2n) is 6.67. The molecule has 1 aliphatic rings.